The molecule has 2 aliphatic rings. The Morgan fingerprint density at radius 3 is 2.37 bits per heavy atom. The van der Waals surface area contributed by atoms with Crippen molar-refractivity contribution in [2.75, 3.05) is 24.4 Å². The van der Waals surface area contributed by atoms with Crippen LogP contribution in [0.5, 0.6) is 0 Å². The predicted molar refractivity (Wildman–Crippen MR) is 176 cm³/mol. The summed E-state index contributed by atoms with van der Waals surface area (Å²) >= 11 is 12.5. The lowest BCUT2D eigenvalue weighted by Gasteiger charge is -2.31. The van der Waals surface area contributed by atoms with Gasteiger partial charge in [-0.15, -0.1) is 0 Å². The van der Waals surface area contributed by atoms with Crippen LogP contribution in [0.1, 0.15) is 40.9 Å². The Morgan fingerprint density at radius 1 is 1.04 bits per heavy atom. The van der Waals surface area contributed by atoms with Crippen LogP contribution >= 0.6 is 23.2 Å². The highest BCUT2D eigenvalue weighted by Crippen LogP contribution is 2.31. The number of alkyl halides is 3. The molecule has 2 amide bonds. The van der Waals surface area contributed by atoms with Gasteiger partial charge in [-0.2, -0.15) is 18.3 Å². The minimum Gasteiger partial charge on any atom is -0.475 e. The van der Waals surface area contributed by atoms with Crippen molar-refractivity contribution in [1.82, 2.24) is 19.6 Å². The number of aromatic nitrogens is 2. The van der Waals surface area contributed by atoms with E-state index in [1.807, 2.05) is 10.8 Å². The maximum absolute atomic E-state index is 14.0. The van der Waals surface area contributed by atoms with Crippen molar-refractivity contribution in [2.45, 2.75) is 56.0 Å². The second-order valence-electron chi connectivity index (χ2n) is 11.2. The van der Waals surface area contributed by atoms with Gasteiger partial charge in [-0.3, -0.25) is 18.6 Å². The van der Waals surface area contributed by atoms with E-state index in [9.17, 15) is 31.2 Å². The minimum absolute atomic E-state index is 0.00346. The number of hydrogen-bond donors (Lipinski definition) is 2. The summed E-state index contributed by atoms with van der Waals surface area (Å²) in [6, 6.07) is 10.0. The Labute approximate surface area is 290 Å². The fraction of sp³-hybridized carbons (Fsp3) is 0.355. The third kappa shape index (κ3) is 9.12. The molecule has 3 aromatic rings. The Hall–Kier alpha value is -4.12. The van der Waals surface area contributed by atoms with E-state index in [0.29, 0.717) is 49.6 Å². The van der Waals surface area contributed by atoms with Gasteiger partial charge in [0.2, 0.25) is 5.91 Å². The summed E-state index contributed by atoms with van der Waals surface area (Å²) in [5.74, 6) is -3.27. The summed E-state index contributed by atoms with van der Waals surface area (Å²) in [7, 11) is -2.56. The molecule has 1 atom stereocenters. The van der Waals surface area contributed by atoms with Gasteiger partial charge in [-0.25, -0.2) is 13.2 Å². The molecule has 1 unspecified atom stereocenters. The maximum atomic E-state index is 14.0. The van der Waals surface area contributed by atoms with Crippen LogP contribution in [-0.2, 0) is 39.2 Å². The zero-order chi connectivity index (χ0) is 36.1. The fourth-order valence-electron chi connectivity index (χ4n) is 5.17. The number of fused-ring (bicyclic) bond motifs is 3. The first-order valence-electron chi connectivity index (χ1n) is 14.9. The standard InChI is InChI=1S/C29H32Cl2N6O4S.C2HF3O2/c1-34-18-21-17-33-36-15-14-35(19-26(21)36)29(39)25(32)6-4-2-3-5-13-37(23-10-8-22(30)9-11-23)42(40,41)27-16-20(28(34)38)7-12-24(27)31;3-2(4,5)1(6)7/h3,5,7-12,16-17,25H,2,4,6,13-15,18-19,32H2,1H3;(H,6,7)/b5-3+;. The van der Waals surface area contributed by atoms with E-state index < -0.39 is 28.2 Å². The molecule has 264 valence electrons. The minimum atomic E-state index is -5.08. The molecular formula is C31H33Cl2F3N6O6S. The number of sulfonamides is 1. The molecule has 2 aromatic carbocycles. The van der Waals surface area contributed by atoms with Crippen molar-refractivity contribution < 1.29 is 41.1 Å². The van der Waals surface area contributed by atoms with Crippen LogP contribution < -0.4 is 10.0 Å². The zero-order valence-corrected chi connectivity index (χ0v) is 28.4. The van der Waals surface area contributed by atoms with Crippen molar-refractivity contribution >= 4 is 56.7 Å². The number of carbonyl (C=O) groups is 3. The number of nitrogens with zero attached hydrogens (tertiary/aromatic N) is 5. The van der Waals surface area contributed by atoms with Crippen molar-refractivity contribution in [3.8, 4) is 0 Å². The van der Waals surface area contributed by atoms with E-state index in [-0.39, 0.29) is 40.4 Å². The zero-order valence-electron chi connectivity index (χ0n) is 26.1. The van der Waals surface area contributed by atoms with Crippen LogP contribution in [0.15, 0.2) is 65.7 Å². The Balaban J connectivity index is 0.000000698. The van der Waals surface area contributed by atoms with Gasteiger partial charge in [-0.05, 0) is 61.7 Å². The van der Waals surface area contributed by atoms with Crippen molar-refractivity contribution in [1.29, 1.82) is 0 Å². The number of carboxylic acid groups (broad SMARTS) is 1. The van der Waals surface area contributed by atoms with Gasteiger partial charge in [0.15, 0.2) is 0 Å². The average molecular weight is 746 g/mol. The smallest absolute Gasteiger partial charge is 0.475 e. The molecule has 4 bridgehead atoms. The van der Waals surface area contributed by atoms with Crippen molar-refractivity contribution in [3.63, 3.8) is 0 Å². The van der Waals surface area contributed by atoms with Gasteiger partial charge in [-0.1, -0.05) is 35.4 Å². The predicted octanol–water partition coefficient (Wildman–Crippen LogP) is 4.70. The number of hydrogen-bond acceptors (Lipinski definition) is 7. The number of anilines is 1. The summed E-state index contributed by atoms with van der Waals surface area (Å²) in [4.78, 5) is 38.6. The number of allylic oxidation sites excluding steroid dienone is 1. The molecule has 3 N–H and O–H groups in total. The summed E-state index contributed by atoms with van der Waals surface area (Å²) in [6.45, 7) is 1.64. The van der Waals surface area contributed by atoms with Gasteiger partial charge in [0.25, 0.3) is 15.9 Å². The summed E-state index contributed by atoms with van der Waals surface area (Å²) in [5, 5.41) is 12.0. The van der Waals surface area contributed by atoms with E-state index in [2.05, 4.69) is 5.10 Å². The van der Waals surface area contributed by atoms with Crippen molar-refractivity contribution in [3.05, 3.63) is 87.7 Å². The number of nitrogens with two attached hydrogens (primary N) is 1. The number of benzene rings is 2. The first-order chi connectivity index (χ1) is 23.0. The van der Waals surface area contributed by atoms with Gasteiger partial charge in [0.1, 0.15) is 4.90 Å². The third-order valence-corrected chi connectivity index (χ3v) is 10.3. The Kier molecular flexibility index (Phi) is 12.0. The van der Waals surface area contributed by atoms with Crippen LogP contribution in [-0.4, -0.2) is 83.2 Å². The van der Waals surface area contributed by atoms with Gasteiger partial charge >= 0.3 is 12.1 Å². The van der Waals surface area contributed by atoms with Crippen LogP contribution in [0.4, 0.5) is 18.9 Å². The topological polar surface area (TPSA) is 159 Å². The van der Waals surface area contributed by atoms with Crippen LogP contribution in [0.3, 0.4) is 0 Å². The second-order valence-corrected chi connectivity index (χ2v) is 13.9. The fourth-order valence-corrected chi connectivity index (χ4v) is 7.22. The highest BCUT2D eigenvalue weighted by molar-refractivity contribution is 7.93. The van der Waals surface area contributed by atoms with Crippen LogP contribution in [0, 0.1) is 0 Å². The van der Waals surface area contributed by atoms with E-state index in [4.69, 9.17) is 38.8 Å². The van der Waals surface area contributed by atoms with E-state index >= 15 is 0 Å². The molecule has 49 heavy (non-hydrogen) atoms. The average Bonchev–Trinajstić information content (AvgIpc) is 3.45. The number of halogens is 5. The highest BCUT2D eigenvalue weighted by atomic mass is 35.5. The molecule has 5 rings (SSSR count). The SMILES string of the molecule is CN1Cc2cnn3c2CN(CC3)C(=O)C(N)CCC/C=C/CN(c2ccc(Cl)cc2)S(=O)(=O)c2cc(ccc2Cl)C1=O.O=C(O)C(F)(F)F. The number of carbonyl (C=O) groups excluding carboxylic acids is 2. The van der Waals surface area contributed by atoms with E-state index in [1.165, 1.54) is 27.4 Å². The lowest BCUT2D eigenvalue weighted by atomic mass is 10.1. The lowest BCUT2D eigenvalue weighted by Crippen LogP contribution is -2.47. The molecule has 0 spiro atoms. The normalized spacial score (nSPS) is 19.5. The molecule has 0 fully saturated rings. The molecule has 2 aliphatic heterocycles. The molecule has 0 saturated carbocycles. The van der Waals surface area contributed by atoms with Crippen molar-refractivity contribution in [2.24, 2.45) is 5.73 Å². The Bertz CT molecular complexity index is 1840. The molecule has 0 saturated heterocycles. The maximum Gasteiger partial charge on any atom is 0.490 e. The molecule has 3 heterocycles. The number of rotatable bonds is 1. The first-order valence-corrected chi connectivity index (χ1v) is 17.1. The summed E-state index contributed by atoms with van der Waals surface area (Å²) in [6.07, 6.45) is 2.01. The highest BCUT2D eigenvalue weighted by Gasteiger charge is 2.38. The molecule has 12 nitrogen and oxygen atoms in total. The van der Waals surface area contributed by atoms with E-state index in [1.54, 1.807) is 48.5 Å². The number of amides is 2. The number of carboxylic acids is 1. The second kappa shape index (κ2) is 15.6. The monoisotopic (exact) mass is 744 g/mol. The molecule has 18 heteroatoms. The summed E-state index contributed by atoms with van der Waals surface area (Å²) < 4.78 is 62.9. The number of aliphatic carboxylic acids is 1. The largest absolute Gasteiger partial charge is 0.490 e. The molecule has 0 aliphatic carbocycles. The van der Waals surface area contributed by atoms with Gasteiger partial charge < -0.3 is 20.6 Å². The van der Waals surface area contributed by atoms with Gasteiger partial charge in [0.05, 0.1) is 48.3 Å². The molecule has 0 radical (unpaired) electrons. The quantitative estimate of drug-likeness (QED) is 0.340. The third-order valence-electron chi connectivity index (χ3n) is 7.77. The van der Waals surface area contributed by atoms with Gasteiger partial charge in [0, 0.05) is 36.3 Å². The lowest BCUT2D eigenvalue weighted by molar-refractivity contribution is -0.192. The Morgan fingerprint density at radius 2 is 1.71 bits per heavy atom. The molecular weight excluding hydrogens is 712 g/mol. The first kappa shape index (κ1) is 37.7. The molecule has 1 aromatic heterocycles. The van der Waals surface area contributed by atoms with Crippen LogP contribution in [0.2, 0.25) is 10.0 Å². The summed E-state index contributed by atoms with van der Waals surface area (Å²) in [5.41, 5.74) is 8.49. The van der Waals surface area contributed by atoms with E-state index in [0.717, 1.165) is 11.3 Å². The van der Waals surface area contributed by atoms with Crippen LogP contribution in [0.25, 0.3) is 0 Å².